The molecule has 0 unspecified atom stereocenters. The summed E-state index contributed by atoms with van der Waals surface area (Å²) in [6, 6.07) is 0. The van der Waals surface area contributed by atoms with Crippen LogP contribution in [0, 0.1) is 154 Å². The molecule has 4 radical (unpaired) electrons. The number of hydrogen-bond acceptors (Lipinski definition) is 0. The van der Waals surface area contributed by atoms with Gasteiger partial charge in [-0.2, -0.15) is 0 Å². The third-order valence-corrected chi connectivity index (χ3v) is 0. The first kappa shape index (κ1) is 22.9. The van der Waals surface area contributed by atoms with Crippen LogP contribution in [0.1, 0.15) is 0 Å². The third-order valence-electron chi connectivity index (χ3n) is 0. The van der Waals surface area contributed by atoms with E-state index in [-0.39, 0.29) is 154 Å². The molecule has 0 aliphatic carbocycles. The molecule has 0 aliphatic heterocycles. The van der Waals surface area contributed by atoms with Gasteiger partial charge in [0.1, 0.15) is 0 Å². The molecule has 0 atom stereocenters. The van der Waals surface area contributed by atoms with Gasteiger partial charge in [-0.05, 0) is 0 Å². The van der Waals surface area contributed by atoms with Gasteiger partial charge in [-0.3, -0.25) is 0 Å². The monoisotopic (exact) mass is 636 g/mol. The Morgan fingerprint density at radius 3 is 0.250 bits per heavy atom. The molecule has 0 saturated carbocycles. The maximum Gasteiger partial charge on any atom is 0 e. The molecule has 36 valence electrons. The quantitative estimate of drug-likeness (QED) is 0.352. The van der Waals surface area contributed by atoms with Crippen LogP contribution >= 0.6 is 0 Å². The Labute approximate surface area is 149 Å². The molecule has 0 saturated heterocycles. The Bertz CT molecular complexity index is 0. The zero-order valence-electron chi connectivity index (χ0n) is 1.33. The molecule has 0 amide bonds. The van der Waals surface area contributed by atoms with Gasteiger partial charge in [-0.15, -0.1) is 0 Å². The summed E-state index contributed by atoms with van der Waals surface area (Å²) in [5, 5.41) is 0. The molecule has 0 aromatic heterocycles. The van der Waals surface area contributed by atoms with E-state index in [2.05, 4.69) is 0 Å². The molecule has 0 nitrogen and oxygen atoms in total. The van der Waals surface area contributed by atoms with Gasteiger partial charge in [0.05, 0.1) is 0 Å². The number of hydrogen-bond donors (Lipinski definition) is 0. The van der Waals surface area contributed by atoms with Crippen LogP contribution in [0.2, 0.25) is 0 Å². The second-order valence-corrected chi connectivity index (χ2v) is 0. The summed E-state index contributed by atoms with van der Waals surface area (Å²) in [6.45, 7) is 0. The van der Waals surface area contributed by atoms with E-state index < -0.39 is 0 Å². The third kappa shape index (κ3) is 10.2. The molecule has 0 heterocycles. The van der Waals surface area contributed by atoms with Gasteiger partial charge in [0.2, 0.25) is 0 Å². The molecule has 0 aliphatic rings. The van der Waals surface area contributed by atoms with Crippen molar-refractivity contribution < 1.29 is 154 Å². The van der Waals surface area contributed by atoms with E-state index >= 15 is 0 Å². The van der Waals surface area contributed by atoms with E-state index in [0.29, 0.717) is 0 Å². The molecule has 0 fully saturated rings. The van der Waals surface area contributed by atoms with Crippen LogP contribution in [0.3, 0.4) is 0 Å². The first-order valence-electron chi connectivity index (χ1n) is 0. The summed E-state index contributed by atoms with van der Waals surface area (Å²) in [4.78, 5) is 0. The summed E-state index contributed by atoms with van der Waals surface area (Å²) in [5.74, 6) is 0. The molecule has 0 bridgehead atoms. The minimum absolute atomic E-state index is 0. The van der Waals surface area contributed by atoms with Crippen molar-refractivity contribution in [3.8, 4) is 0 Å². The summed E-state index contributed by atoms with van der Waals surface area (Å²) in [7, 11) is 0. The average Bonchev–Trinajstić information content (AvgIpc) is 0. The number of rotatable bonds is 0. The molecule has 0 N–H and O–H groups in total. The average molecular weight is 636 g/mol. The van der Waals surface area contributed by atoms with Crippen molar-refractivity contribution in [3.63, 3.8) is 0 Å². The van der Waals surface area contributed by atoms with Crippen LogP contribution in [0.5, 0.6) is 0 Å². The van der Waals surface area contributed by atoms with E-state index in [0.717, 1.165) is 0 Å². The predicted molar refractivity (Wildman–Crippen MR) is 0 cm³/mol. The zero-order chi connectivity index (χ0) is 0. The van der Waals surface area contributed by atoms with E-state index in [1.165, 1.54) is 0 Å². The molecular formula is Tb4. The fraction of sp³-hybridized carbons (Fsp3) is 0. The maximum absolute atomic E-state index is 0. The molecular weight excluding hydrogens is 636 g/mol. The fourth-order valence-electron chi connectivity index (χ4n) is 0. The Kier molecular flexibility index (Phi) is 90.0. The predicted octanol–water partition coefficient (Wildman–Crippen LogP) is 0. The Morgan fingerprint density at radius 1 is 0.250 bits per heavy atom. The van der Waals surface area contributed by atoms with Gasteiger partial charge in [0.15, 0.2) is 0 Å². The Balaban J connectivity index is 0. The smallest absolute Gasteiger partial charge is 0 e. The van der Waals surface area contributed by atoms with E-state index in [1.807, 2.05) is 0 Å². The van der Waals surface area contributed by atoms with E-state index in [1.54, 1.807) is 0 Å². The molecule has 0 rings (SSSR count). The van der Waals surface area contributed by atoms with Crippen LogP contribution in [0.4, 0.5) is 0 Å². The minimum atomic E-state index is 0. The second-order valence-electron chi connectivity index (χ2n) is 0. The van der Waals surface area contributed by atoms with Gasteiger partial charge < -0.3 is 0 Å². The van der Waals surface area contributed by atoms with Crippen molar-refractivity contribution in [1.82, 2.24) is 0 Å². The van der Waals surface area contributed by atoms with Gasteiger partial charge >= 0.3 is 0 Å². The van der Waals surface area contributed by atoms with Crippen LogP contribution in [-0.2, 0) is 0 Å². The van der Waals surface area contributed by atoms with Crippen LogP contribution in [0.25, 0.3) is 0 Å². The first-order valence-corrected chi connectivity index (χ1v) is 0. The fourth-order valence-corrected chi connectivity index (χ4v) is 0. The standard InChI is InChI=1S/4Tb. The van der Waals surface area contributed by atoms with Crippen molar-refractivity contribution in [2.75, 3.05) is 0 Å². The summed E-state index contributed by atoms with van der Waals surface area (Å²) in [5.41, 5.74) is 0. The van der Waals surface area contributed by atoms with Crippen molar-refractivity contribution >= 4 is 0 Å². The van der Waals surface area contributed by atoms with E-state index in [9.17, 15) is 0 Å². The van der Waals surface area contributed by atoms with Crippen molar-refractivity contribution in [2.24, 2.45) is 0 Å². The topological polar surface area (TPSA) is 0 Å². The summed E-state index contributed by atoms with van der Waals surface area (Å²) in [6.07, 6.45) is 0. The maximum atomic E-state index is 0. The molecule has 4 heavy (non-hydrogen) atoms. The van der Waals surface area contributed by atoms with Crippen molar-refractivity contribution in [3.05, 3.63) is 0 Å². The second kappa shape index (κ2) is 15.7. The van der Waals surface area contributed by atoms with Gasteiger partial charge in [-0.1, -0.05) is 0 Å². The SMILES string of the molecule is [Tb].[Tb].[Tb].[Tb]. The molecule has 0 aromatic carbocycles. The van der Waals surface area contributed by atoms with E-state index in [4.69, 9.17) is 0 Å². The van der Waals surface area contributed by atoms with Crippen LogP contribution in [0.15, 0.2) is 0 Å². The van der Waals surface area contributed by atoms with Crippen molar-refractivity contribution in [1.29, 1.82) is 0 Å². The summed E-state index contributed by atoms with van der Waals surface area (Å²) >= 11 is 0. The molecule has 4 heteroatoms. The van der Waals surface area contributed by atoms with Gasteiger partial charge in [-0.25, -0.2) is 0 Å². The zero-order valence-corrected chi connectivity index (χ0v) is 9.89. The molecule has 0 spiro atoms. The Hall–Kier alpha value is 5.14. The van der Waals surface area contributed by atoms with Gasteiger partial charge in [0.25, 0.3) is 0 Å². The van der Waals surface area contributed by atoms with Crippen molar-refractivity contribution in [2.45, 2.75) is 0 Å². The minimum Gasteiger partial charge on any atom is 0 e. The first-order chi connectivity index (χ1) is 0. The largest absolute Gasteiger partial charge is 0 e. The summed E-state index contributed by atoms with van der Waals surface area (Å²) < 4.78 is 0. The van der Waals surface area contributed by atoms with Gasteiger partial charge in [0, 0.05) is 154 Å². The van der Waals surface area contributed by atoms with Crippen LogP contribution < -0.4 is 0 Å². The van der Waals surface area contributed by atoms with Crippen LogP contribution in [-0.4, -0.2) is 0 Å². The Morgan fingerprint density at radius 2 is 0.250 bits per heavy atom. The molecule has 0 aromatic rings. The normalized spacial score (nSPS) is 0.